The molecular weight excluding hydrogens is 422 g/mol. The second kappa shape index (κ2) is 6.66. The molecule has 2 aliphatic heterocycles. The SMILES string of the molecule is O=C1C(c2cc3c(cc2O)OCO3)c2cccc(F)c2N1Cc1ccc(C(F)(F)F)o1. The molecule has 6 nitrogen and oxygen atoms in total. The number of phenolic OH excluding ortho intramolecular Hbond substituents is 1. The molecule has 5 rings (SSSR count). The third-order valence-electron chi connectivity index (χ3n) is 5.20. The van der Waals surface area contributed by atoms with Gasteiger partial charge < -0.3 is 23.9 Å². The highest BCUT2D eigenvalue weighted by Gasteiger charge is 2.43. The van der Waals surface area contributed by atoms with E-state index in [0.29, 0.717) is 11.5 Å². The Morgan fingerprint density at radius 2 is 1.81 bits per heavy atom. The zero-order valence-electron chi connectivity index (χ0n) is 15.6. The first-order valence-electron chi connectivity index (χ1n) is 9.12. The summed E-state index contributed by atoms with van der Waals surface area (Å²) in [6.07, 6.45) is -4.68. The number of furan rings is 1. The molecule has 0 spiro atoms. The molecule has 31 heavy (non-hydrogen) atoms. The Hall–Kier alpha value is -3.69. The maximum Gasteiger partial charge on any atom is 0.449 e. The molecule has 2 aromatic carbocycles. The topological polar surface area (TPSA) is 72.1 Å². The van der Waals surface area contributed by atoms with Crippen LogP contribution in [0, 0.1) is 5.82 Å². The largest absolute Gasteiger partial charge is 0.507 e. The molecule has 1 amide bonds. The molecule has 1 aromatic heterocycles. The summed E-state index contributed by atoms with van der Waals surface area (Å²) in [5.74, 6) is -3.45. The molecule has 2 aliphatic rings. The van der Waals surface area contributed by atoms with E-state index in [4.69, 9.17) is 13.9 Å². The van der Waals surface area contributed by atoms with Gasteiger partial charge in [0.2, 0.25) is 18.5 Å². The Morgan fingerprint density at radius 1 is 1.06 bits per heavy atom. The van der Waals surface area contributed by atoms with Crippen molar-refractivity contribution in [1.82, 2.24) is 0 Å². The number of amides is 1. The van der Waals surface area contributed by atoms with E-state index in [2.05, 4.69) is 0 Å². The molecule has 0 saturated carbocycles. The number of phenols is 1. The zero-order chi connectivity index (χ0) is 21.9. The molecule has 3 aromatic rings. The van der Waals surface area contributed by atoms with Crippen molar-refractivity contribution in [3.63, 3.8) is 0 Å². The van der Waals surface area contributed by atoms with Crippen LogP contribution in [0.4, 0.5) is 23.2 Å². The summed E-state index contributed by atoms with van der Waals surface area (Å²) in [4.78, 5) is 14.3. The standard InChI is InChI=1S/C21H13F4NO5/c22-13-3-1-2-11-18(12-6-15-16(7-14(12)27)30-9-29-15)20(28)26(19(11)13)8-10-4-5-17(31-10)21(23,24)25/h1-7,18,27H,8-9H2. The van der Waals surface area contributed by atoms with Crippen molar-refractivity contribution < 1.29 is 41.4 Å². The number of anilines is 1. The van der Waals surface area contributed by atoms with E-state index in [1.54, 1.807) is 0 Å². The predicted octanol–water partition coefficient (Wildman–Crippen LogP) is 4.55. The van der Waals surface area contributed by atoms with E-state index < -0.39 is 36.1 Å². The highest BCUT2D eigenvalue weighted by Crippen LogP contribution is 2.48. The molecule has 0 bridgehead atoms. The van der Waals surface area contributed by atoms with Crippen molar-refractivity contribution in [2.24, 2.45) is 0 Å². The number of nitrogens with zero attached hydrogens (tertiary/aromatic N) is 1. The third-order valence-corrected chi connectivity index (χ3v) is 5.20. The lowest BCUT2D eigenvalue weighted by molar-refractivity contribution is -0.153. The number of ether oxygens (including phenoxy) is 2. The van der Waals surface area contributed by atoms with Gasteiger partial charge >= 0.3 is 6.18 Å². The zero-order valence-corrected chi connectivity index (χ0v) is 15.6. The summed E-state index contributed by atoms with van der Waals surface area (Å²) in [5, 5.41) is 10.5. The van der Waals surface area contributed by atoms with Crippen molar-refractivity contribution in [3.05, 3.63) is 70.9 Å². The lowest BCUT2D eigenvalue weighted by atomic mass is 9.91. The number of fused-ring (bicyclic) bond motifs is 2. The number of aromatic hydroxyl groups is 1. The van der Waals surface area contributed by atoms with Gasteiger partial charge in [0.05, 0.1) is 18.2 Å². The summed E-state index contributed by atoms with van der Waals surface area (Å²) in [7, 11) is 0. The maximum absolute atomic E-state index is 14.7. The van der Waals surface area contributed by atoms with Crippen molar-refractivity contribution in [3.8, 4) is 17.2 Å². The summed E-state index contributed by atoms with van der Waals surface area (Å²) in [6.45, 7) is -0.459. The number of halogens is 4. The fourth-order valence-electron chi connectivity index (χ4n) is 3.86. The summed E-state index contributed by atoms with van der Waals surface area (Å²) in [5.41, 5.74) is 0.348. The predicted molar refractivity (Wildman–Crippen MR) is 97.4 cm³/mol. The van der Waals surface area contributed by atoms with Gasteiger partial charge in [0, 0.05) is 11.6 Å². The number of alkyl halides is 3. The van der Waals surface area contributed by atoms with E-state index in [0.717, 1.165) is 23.1 Å². The molecule has 0 saturated heterocycles. The lowest BCUT2D eigenvalue weighted by Gasteiger charge is -2.17. The number of para-hydroxylation sites is 1. The third kappa shape index (κ3) is 3.06. The minimum Gasteiger partial charge on any atom is -0.507 e. The Kier molecular flexibility index (Phi) is 4.14. The van der Waals surface area contributed by atoms with Crippen LogP contribution in [0.25, 0.3) is 0 Å². The number of carbonyl (C=O) groups is 1. The molecule has 1 unspecified atom stereocenters. The Labute approximate surface area is 172 Å². The smallest absolute Gasteiger partial charge is 0.449 e. The van der Waals surface area contributed by atoms with Crippen molar-refractivity contribution in [1.29, 1.82) is 0 Å². The van der Waals surface area contributed by atoms with Crippen LogP contribution in [0.5, 0.6) is 17.2 Å². The molecule has 1 N–H and O–H groups in total. The lowest BCUT2D eigenvalue weighted by Crippen LogP contribution is -2.29. The normalized spacial score (nSPS) is 17.4. The van der Waals surface area contributed by atoms with Crippen LogP contribution in [-0.4, -0.2) is 17.8 Å². The molecule has 1 atom stereocenters. The van der Waals surface area contributed by atoms with Crippen molar-refractivity contribution >= 4 is 11.6 Å². The highest BCUT2D eigenvalue weighted by molar-refractivity contribution is 6.07. The quantitative estimate of drug-likeness (QED) is 0.612. The van der Waals surface area contributed by atoms with Crippen LogP contribution < -0.4 is 14.4 Å². The number of carbonyl (C=O) groups excluding carboxylic acids is 1. The van der Waals surface area contributed by atoms with Crippen LogP contribution in [0.2, 0.25) is 0 Å². The molecule has 0 radical (unpaired) electrons. The van der Waals surface area contributed by atoms with Crippen molar-refractivity contribution in [2.75, 3.05) is 11.7 Å². The van der Waals surface area contributed by atoms with Gasteiger partial charge in [-0.05, 0) is 29.8 Å². The monoisotopic (exact) mass is 435 g/mol. The van der Waals surface area contributed by atoms with Gasteiger partial charge in [0.15, 0.2) is 11.5 Å². The van der Waals surface area contributed by atoms with E-state index >= 15 is 0 Å². The minimum absolute atomic E-state index is 0.0474. The average molecular weight is 435 g/mol. The first-order chi connectivity index (χ1) is 14.7. The van der Waals surface area contributed by atoms with E-state index in [1.807, 2.05) is 0 Å². The van der Waals surface area contributed by atoms with Gasteiger partial charge in [-0.1, -0.05) is 12.1 Å². The fourth-order valence-corrected chi connectivity index (χ4v) is 3.86. The van der Waals surface area contributed by atoms with Gasteiger partial charge in [-0.3, -0.25) is 4.79 Å². The Balaban J connectivity index is 1.57. The first kappa shape index (κ1) is 19.3. The maximum atomic E-state index is 14.7. The fraction of sp³-hybridized carbons (Fsp3) is 0.190. The van der Waals surface area contributed by atoms with Crippen molar-refractivity contribution in [2.45, 2.75) is 18.6 Å². The summed E-state index contributed by atoms with van der Waals surface area (Å²) in [6, 6.07) is 8.65. The highest BCUT2D eigenvalue weighted by atomic mass is 19.4. The molecule has 10 heteroatoms. The Morgan fingerprint density at radius 3 is 2.52 bits per heavy atom. The van der Waals surface area contributed by atoms with E-state index in [-0.39, 0.29) is 35.1 Å². The summed E-state index contributed by atoms with van der Waals surface area (Å²) < 4.78 is 68.6. The van der Waals surface area contributed by atoms with Crippen LogP contribution in [0.3, 0.4) is 0 Å². The van der Waals surface area contributed by atoms with Crippen LogP contribution in [-0.2, 0) is 17.5 Å². The summed E-state index contributed by atoms with van der Waals surface area (Å²) >= 11 is 0. The number of rotatable bonds is 3. The van der Waals surface area contributed by atoms with Crippen LogP contribution in [0.1, 0.15) is 28.6 Å². The van der Waals surface area contributed by atoms with Gasteiger partial charge in [-0.2, -0.15) is 13.2 Å². The Bertz CT molecular complexity index is 1200. The number of benzene rings is 2. The van der Waals surface area contributed by atoms with E-state index in [9.17, 15) is 27.5 Å². The number of hydrogen-bond acceptors (Lipinski definition) is 5. The molecular formula is C21H13F4NO5. The molecule has 160 valence electrons. The van der Waals surface area contributed by atoms with Gasteiger partial charge in [0.25, 0.3) is 0 Å². The molecule has 3 heterocycles. The van der Waals surface area contributed by atoms with Crippen LogP contribution >= 0.6 is 0 Å². The molecule has 0 fully saturated rings. The average Bonchev–Trinajstić information content (AvgIpc) is 3.41. The second-order valence-corrected chi connectivity index (χ2v) is 7.06. The first-order valence-corrected chi connectivity index (χ1v) is 9.12. The van der Waals surface area contributed by atoms with Gasteiger partial charge in [-0.25, -0.2) is 4.39 Å². The van der Waals surface area contributed by atoms with Gasteiger partial charge in [-0.15, -0.1) is 0 Å². The van der Waals surface area contributed by atoms with E-state index in [1.165, 1.54) is 24.3 Å². The second-order valence-electron chi connectivity index (χ2n) is 7.06. The molecule has 0 aliphatic carbocycles. The van der Waals surface area contributed by atoms with Crippen LogP contribution in [0.15, 0.2) is 46.9 Å². The number of hydrogen-bond donors (Lipinski definition) is 1. The minimum atomic E-state index is -4.68. The van der Waals surface area contributed by atoms with Gasteiger partial charge in [0.1, 0.15) is 17.3 Å².